The minimum Gasteiger partial charge on any atom is -0.453 e. The molecular formula is C12H18N4OS. The first-order valence-corrected chi connectivity index (χ1v) is 7.13. The van der Waals surface area contributed by atoms with Crippen LogP contribution in [0.15, 0.2) is 5.10 Å². The Morgan fingerprint density at radius 1 is 1.50 bits per heavy atom. The van der Waals surface area contributed by atoms with Gasteiger partial charge in [0.25, 0.3) is 0 Å². The van der Waals surface area contributed by atoms with Gasteiger partial charge in [-0.25, -0.2) is 0 Å². The van der Waals surface area contributed by atoms with Gasteiger partial charge in [0.15, 0.2) is 6.73 Å². The topological polar surface area (TPSA) is 48.9 Å². The number of hydrogen-bond acceptors (Lipinski definition) is 6. The Labute approximate surface area is 111 Å². The summed E-state index contributed by atoms with van der Waals surface area (Å²) in [5.74, 6) is 0.732. The summed E-state index contributed by atoms with van der Waals surface area (Å²) in [6.07, 6.45) is 1.19. The van der Waals surface area contributed by atoms with E-state index in [0.717, 1.165) is 30.5 Å². The average molecular weight is 266 g/mol. The summed E-state index contributed by atoms with van der Waals surface area (Å²) in [6, 6.07) is 0. The second-order valence-electron chi connectivity index (χ2n) is 4.62. The molecule has 0 saturated heterocycles. The van der Waals surface area contributed by atoms with Crippen molar-refractivity contribution < 1.29 is 4.74 Å². The van der Waals surface area contributed by atoms with Gasteiger partial charge in [-0.2, -0.15) is 0 Å². The molecule has 3 rings (SSSR count). The van der Waals surface area contributed by atoms with Crippen LogP contribution in [0.2, 0.25) is 0 Å². The molecule has 0 radical (unpaired) electrons. The predicted molar refractivity (Wildman–Crippen MR) is 73.9 cm³/mol. The van der Waals surface area contributed by atoms with Crippen molar-refractivity contribution in [2.24, 2.45) is 5.10 Å². The SMILES string of the molecule is CCCN1CNc2sc(C3=NNCO3)c(C)c2C1. The molecule has 1 aromatic heterocycles. The number of hydrazone groups is 1. The molecular weight excluding hydrogens is 248 g/mol. The molecule has 3 heterocycles. The van der Waals surface area contributed by atoms with E-state index in [1.807, 2.05) is 0 Å². The van der Waals surface area contributed by atoms with Crippen LogP contribution in [-0.2, 0) is 11.3 Å². The largest absolute Gasteiger partial charge is 0.453 e. The Hall–Kier alpha value is -1.27. The van der Waals surface area contributed by atoms with Crippen LogP contribution >= 0.6 is 11.3 Å². The van der Waals surface area contributed by atoms with Gasteiger partial charge in [0.1, 0.15) is 0 Å². The van der Waals surface area contributed by atoms with E-state index >= 15 is 0 Å². The Kier molecular flexibility index (Phi) is 3.13. The van der Waals surface area contributed by atoms with Crippen LogP contribution in [-0.4, -0.2) is 30.7 Å². The van der Waals surface area contributed by atoms with Crippen molar-refractivity contribution >= 4 is 22.2 Å². The third-order valence-electron chi connectivity index (χ3n) is 3.30. The average Bonchev–Trinajstić information content (AvgIpc) is 2.99. The van der Waals surface area contributed by atoms with Crippen molar-refractivity contribution in [3.05, 3.63) is 16.0 Å². The zero-order chi connectivity index (χ0) is 12.5. The Balaban J connectivity index is 1.88. The normalized spacial score (nSPS) is 18.7. The molecule has 0 spiro atoms. The van der Waals surface area contributed by atoms with E-state index in [1.54, 1.807) is 11.3 Å². The van der Waals surface area contributed by atoms with E-state index in [9.17, 15) is 0 Å². The lowest BCUT2D eigenvalue weighted by molar-refractivity contribution is 0.277. The maximum atomic E-state index is 5.48. The van der Waals surface area contributed by atoms with Crippen LogP contribution in [0.1, 0.15) is 29.3 Å². The van der Waals surface area contributed by atoms with Crippen LogP contribution in [0, 0.1) is 6.92 Å². The van der Waals surface area contributed by atoms with Crippen LogP contribution < -0.4 is 10.7 Å². The third kappa shape index (κ3) is 1.95. The van der Waals surface area contributed by atoms with E-state index in [-0.39, 0.29) is 0 Å². The van der Waals surface area contributed by atoms with Gasteiger partial charge in [-0.15, -0.1) is 16.4 Å². The second kappa shape index (κ2) is 4.78. The fourth-order valence-electron chi connectivity index (χ4n) is 2.38. The zero-order valence-electron chi connectivity index (χ0n) is 10.7. The monoisotopic (exact) mass is 266 g/mol. The molecule has 18 heavy (non-hydrogen) atoms. The number of thiophene rings is 1. The summed E-state index contributed by atoms with van der Waals surface area (Å²) >= 11 is 1.75. The molecule has 2 N–H and O–H groups in total. The smallest absolute Gasteiger partial charge is 0.250 e. The van der Waals surface area contributed by atoms with Gasteiger partial charge in [-0.3, -0.25) is 10.3 Å². The maximum absolute atomic E-state index is 5.48. The molecule has 1 aromatic rings. The summed E-state index contributed by atoms with van der Waals surface area (Å²) in [7, 11) is 0. The minimum absolute atomic E-state index is 0.479. The van der Waals surface area contributed by atoms with Crippen molar-refractivity contribution in [1.82, 2.24) is 10.3 Å². The van der Waals surface area contributed by atoms with Gasteiger partial charge < -0.3 is 10.1 Å². The van der Waals surface area contributed by atoms with Crippen LogP contribution in [0.25, 0.3) is 0 Å². The highest BCUT2D eigenvalue weighted by molar-refractivity contribution is 7.18. The molecule has 0 saturated carbocycles. The first kappa shape index (κ1) is 11.8. The van der Waals surface area contributed by atoms with E-state index in [4.69, 9.17) is 4.74 Å². The first-order valence-electron chi connectivity index (χ1n) is 6.31. The summed E-state index contributed by atoms with van der Waals surface area (Å²) in [6.45, 7) is 7.95. The van der Waals surface area contributed by atoms with E-state index in [2.05, 4.69) is 34.6 Å². The van der Waals surface area contributed by atoms with Gasteiger partial charge in [0.05, 0.1) is 16.5 Å². The van der Waals surface area contributed by atoms with E-state index < -0.39 is 0 Å². The lowest BCUT2D eigenvalue weighted by Gasteiger charge is -2.27. The molecule has 2 aliphatic heterocycles. The number of nitrogens with zero attached hydrogens (tertiary/aromatic N) is 2. The van der Waals surface area contributed by atoms with Crippen molar-refractivity contribution in [3.63, 3.8) is 0 Å². The molecule has 6 heteroatoms. The lowest BCUT2D eigenvalue weighted by atomic mass is 10.1. The summed E-state index contributed by atoms with van der Waals surface area (Å²) < 4.78 is 5.48. The second-order valence-corrected chi connectivity index (χ2v) is 5.64. The van der Waals surface area contributed by atoms with Gasteiger partial charge in [0, 0.05) is 12.1 Å². The number of anilines is 1. The van der Waals surface area contributed by atoms with Crippen molar-refractivity contribution in [2.75, 3.05) is 25.3 Å². The fraction of sp³-hybridized carbons (Fsp3) is 0.583. The Morgan fingerprint density at radius 3 is 3.11 bits per heavy atom. The van der Waals surface area contributed by atoms with Gasteiger partial charge in [-0.1, -0.05) is 6.92 Å². The van der Waals surface area contributed by atoms with Gasteiger partial charge >= 0.3 is 0 Å². The number of rotatable bonds is 3. The number of ether oxygens (including phenoxy) is 1. The van der Waals surface area contributed by atoms with Crippen LogP contribution in [0.3, 0.4) is 0 Å². The zero-order valence-corrected chi connectivity index (χ0v) is 11.6. The molecule has 0 atom stereocenters. The minimum atomic E-state index is 0.479. The molecule has 0 aromatic carbocycles. The number of fused-ring (bicyclic) bond motifs is 1. The summed E-state index contributed by atoms with van der Waals surface area (Å²) in [5.41, 5.74) is 5.54. The molecule has 2 aliphatic rings. The van der Waals surface area contributed by atoms with Gasteiger partial charge in [0.2, 0.25) is 5.90 Å². The van der Waals surface area contributed by atoms with Crippen molar-refractivity contribution in [2.45, 2.75) is 26.8 Å². The molecule has 98 valence electrons. The molecule has 0 aliphatic carbocycles. The molecule has 5 nitrogen and oxygen atoms in total. The maximum Gasteiger partial charge on any atom is 0.250 e. The molecule has 0 fully saturated rings. The highest BCUT2D eigenvalue weighted by Gasteiger charge is 2.25. The Morgan fingerprint density at radius 2 is 2.39 bits per heavy atom. The van der Waals surface area contributed by atoms with E-state index in [0.29, 0.717) is 6.73 Å². The van der Waals surface area contributed by atoms with Crippen molar-refractivity contribution in [1.29, 1.82) is 0 Å². The fourth-order valence-corrected chi connectivity index (χ4v) is 3.53. The van der Waals surface area contributed by atoms with Crippen LogP contribution in [0.5, 0.6) is 0 Å². The Bertz CT molecular complexity index is 483. The quantitative estimate of drug-likeness (QED) is 0.877. The molecule has 0 amide bonds. The standard InChI is InChI=1S/C12H18N4OS/c1-3-4-16-5-9-8(2)10(11-15-14-7-17-11)18-12(9)13-6-16/h13-14H,3-7H2,1-2H3. The van der Waals surface area contributed by atoms with E-state index in [1.165, 1.54) is 22.5 Å². The van der Waals surface area contributed by atoms with Crippen molar-refractivity contribution in [3.8, 4) is 0 Å². The third-order valence-corrected chi connectivity index (χ3v) is 4.58. The molecule has 0 bridgehead atoms. The molecule has 0 unspecified atom stereocenters. The highest BCUT2D eigenvalue weighted by atomic mass is 32.1. The highest BCUT2D eigenvalue weighted by Crippen LogP contribution is 2.36. The number of nitrogens with one attached hydrogen (secondary N) is 2. The van der Waals surface area contributed by atoms with Gasteiger partial charge in [-0.05, 0) is 25.5 Å². The lowest BCUT2D eigenvalue weighted by Crippen LogP contribution is -2.33. The summed E-state index contributed by atoms with van der Waals surface area (Å²) in [4.78, 5) is 3.58. The van der Waals surface area contributed by atoms with Crippen LogP contribution in [0.4, 0.5) is 5.00 Å². The number of hydrogen-bond donors (Lipinski definition) is 2. The summed E-state index contributed by atoms with van der Waals surface area (Å²) in [5, 5.41) is 8.95. The predicted octanol–water partition coefficient (Wildman–Crippen LogP) is 1.89. The first-order chi connectivity index (χ1) is 8.79.